The number of carbonyl (C=O) groups excluding carboxylic acids is 1. The van der Waals surface area contributed by atoms with E-state index in [4.69, 9.17) is 5.73 Å². The molecule has 0 fully saturated rings. The summed E-state index contributed by atoms with van der Waals surface area (Å²) >= 11 is 1.58. The summed E-state index contributed by atoms with van der Waals surface area (Å²) in [6.07, 6.45) is 4.56. The highest BCUT2D eigenvalue weighted by molar-refractivity contribution is 7.99. The number of benzene rings is 1. The molecule has 0 aliphatic heterocycles. The average Bonchev–Trinajstić information content (AvgIpc) is 2.92. The van der Waals surface area contributed by atoms with Gasteiger partial charge in [0.25, 0.3) is 0 Å². The zero-order valence-corrected chi connectivity index (χ0v) is 13.9. The highest BCUT2D eigenvalue weighted by Crippen LogP contribution is 2.26. The third-order valence-electron chi connectivity index (χ3n) is 3.67. The van der Waals surface area contributed by atoms with Crippen LogP contribution in [0.1, 0.15) is 20.3 Å². The molecule has 0 aliphatic carbocycles. The van der Waals surface area contributed by atoms with Crippen LogP contribution in [0.2, 0.25) is 0 Å². The Balaban J connectivity index is 1.97. The topological polar surface area (TPSA) is 72.9 Å². The van der Waals surface area contributed by atoms with Crippen LogP contribution in [-0.4, -0.2) is 21.5 Å². The number of hydrogen-bond donors (Lipinski definition) is 2. The Hall–Kier alpha value is -1.79. The molecular formula is C16H22N4OS. The van der Waals surface area contributed by atoms with Gasteiger partial charge in [-0.25, -0.2) is 4.98 Å². The number of imidazole rings is 1. The second kappa shape index (κ2) is 7.47. The maximum Gasteiger partial charge on any atom is 0.241 e. The molecule has 0 radical (unpaired) electrons. The Labute approximate surface area is 135 Å². The molecule has 0 saturated heterocycles. The number of amides is 1. The van der Waals surface area contributed by atoms with E-state index in [9.17, 15) is 4.79 Å². The summed E-state index contributed by atoms with van der Waals surface area (Å²) in [5.41, 5.74) is 6.69. The number of carbonyl (C=O) groups is 1. The van der Waals surface area contributed by atoms with E-state index >= 15 is 0 Å². The van der Waals surface area contributed by atoms with Gasteiger partial charge in [-0.2, -0.15) is 0 Å². The highest BCUT2D eigenvalue weighted by Gasteiger charge is 2.19. The maximum absolute atomic E-state index is 12.0. The van der Waals surface area contributed by atoms with Crippen molar-refractivity contribution in [3.63, 3.8) is 0 Å². The van der Waals surface area contributed by atoms with Crippen molar-refractivity contribution in [3.05, 3.63) is 36.7 Å². The van der Waals surface area contributed by atoms with E-state index in [1.54, 1.807) is 18.0 Å². The molecule has 1 aromatic carbocycles. The zero-order valence-electron chi connectivity index (χ0n) is 13.1. The first-order chi connectivity index (χ1) is 10.5. The average molecular weight is 318 g/mol. The molecule has 2 aromatic rings. The molecule has 2 unspecified atom stereocenters. The number of hydrogen-bond acceptors (Lipinski definition) is 4. The minimum Gasteiger partial charge on any atom is -0.329 e. The minimum absolute atomic E-state index is 0.140. The Morgan fingerprint density at radius 2 is 2.09 bits per heavy atom. The van der Waals surface area contributed by atoms with Gasteiger partial charge < -0.3 is 15.6 Å². The fourth-order valence-corrected chi connectivity index (χ4v) is 2.70. The summed E-state index contributed by atoms with van der Waals surface area (Å²) in [6, 6.07) is 7.21. The number of nitrogens with one attached hydrogen (secondary N) is 1. The normalized spacial score (nSPS) is 13.6. The van der Waals surface area contributed by atoms with Gasteiger partial charge in [0.2, 0.25) is 5.91 Å². The van der Waals surface area contributed by atoms with Gasteiger partial charge in [-0.1, -0.05) is 32.0 Å². The van der Waals surface area contributed by atoms with E-state index in [2.05, 4.69) is 10.3 Å². The van der Waals surface area contributed by atoms with Crippen molar-refractivity contribution < 1.29 is 4.79 Å². The van der Waals surface area contributed by atoms with Crippen LogP contribution in [-0.2, 0) is 11.8 Å². The van der Waals surface area contributed by atoms with Crippen LogP contribution >= 0.6 is 11.8 Å². The van der Waals surface area contributed by atoms with Crippen molar-refractivity contribution in [1.82, 2.24) is 9.55 Å². The van der Waals surface area contributed by atoms with Crippen LogP contribution in [0, 0.1) is 5.92 Å². The van der Waals surface area contributed by atoms with E-state index in [1.165, 1.54) is 0 Å². The Morgan fingerprint density at radius 3 is 2.64 bits per heavy atom. The fraction of sp³-hybridized carbons (Fsp3) is 0.375. The lowest BCUT2D eigenvalue weighted by molar-refractivity contribution is -0.118. The predicted octanol–water partition coefficient (Wildman–Crippen LogP) is 2.88. The van der Waals surface area contributed by atoms with Gasteiger partial charge in [0.05, 0.1) is 6.04 Å². The van der Waals surface area contributed by atoms with Crippen LogP contribution in [0.3, 0.4) is 0 Å². The van der Waals surface area contributed by atoms with Crippen LogP contribution in [0.4, 0.5) is 5.69 Å². The summed E-state index contributed by atoms with van der Waals surface area (Å²) in [6.45, 7) is 4.01. The van der Waals surface area contributed by atoms with Crippen molar-refractivity contribution in [2.24, 2.45) is 18.7 Å². The summed E-state index contributed by atoms with van der Waals surface area (Å²) in [5, 5.41) is 3.79. The van der Waals surface area contributed by atoms with Crippen molar-refractivity contribution in [2.45, 2.75) is 36.4 Å². The molecule has 1 heterocycles. The van der Waals surface area contributed by atoms with E-state index in [1.807, 2.05) is 55.9 Å². The number of anilines is 1. The molecule has 22 heavy (non-hydrogen) atoms. The van der Waals surface area contributed by atoms with Crippen LogP contribution in [0.15, 0.2) is 46.7 Å². The van der Waals surface area contributed by atoms with E-state index in [-0.39, 0.29) is 11.8 Å². The highest BCUT2D eigenvalue weighted by atomic mass is 32.2. The number of rotatable bonds is 6. The Morgan fingerprint density at radius 1 is 1.41 bits per heavy atom. The summed E-state index contributed by atoms with van der Waals surface area (Å²) in [5.74, 6) is 0.0251. The van der Waals surface area contributed by atoms with E-state index < -0.39 is 6.04 Å². The van der Waals surface area contributed by atoms with Gasteiger partial charge in [0, 0.05) is 30.0 Å². The molecule has 2 rings (SSSR count). The second-order valence-corrected chi connectivity index (χ2v) is 6.39. The smallest absolute Gasteiger partial charge is 0.241 e. The van der Waals surface area contributed by atoms with Gasteiger partial charge in [0.15, 0.2) is 5.16 Å². The summed E-state index contributed by atoms with van der Waals surface area (Å²) in [7, 11) is 1.96. The van der Waals surface area contributed by atoms with E-state index in [0.29, 0.717) is 0 Å². The lowest BCUT2D eigenvalue weighted by atomic mass is 9.99. The van der Waals surface area contributed by atoms with Gasteiger partial charge >= 0.3 is 0 Å². The van der Waals surface area contributed by atoms with Crippen molar-refractivity contribution >= 4 is 23.4 Å². The second-order valence-electron chi connectivity index (χ2n) is 5.35. The molecule has 0 saturated carbocycles. The lowest BCUT2D eigenvalue weighted by Gasteiger charge is -2.17. The Kier molecular flexibility index (Phi) is 5.63. The third-order valence-corrected chi connectivity index (χ3v) is 4.75. The first-order valence-electron chi connectivity index (χ1n) is 7.33. The third kappa shape index (κ3) is 4.11. The van der Waals surface area contributed by atoms with Crippen LogP contribution in [0.5, 0.6) is 0 Å². The van der Waals surface area contributed by atoms with Gasteiger partial charge in [-0.15, -0.1) is 0 Å². The zero-order chi connectivity index (χ0) is 16.1. The van der Waals surface area contributed by atoms with E-state index in [0.717, 1.165) is 22.2 Å². The quantitative estimate of drug-likeness (QED) is 0.859. The molecule has 3 N–H and O–H groups in total. The largest absolute Gasteiger partial charge is 0.329 e. The molecule has 2 atom stereocenters. The summed E-state index contributed by atoms with van der Waals surface area (Å²) < 4.78 is 1.96. The van der Waals surface area contributed by atoms with Gasteiger partial charge in [-0.3, -0.25) is 4.79 Å². The van der Waals surface area contributed by atoms with Gasteiger partial charge in [0.1, 0.15) is 0 Å². The Bertz CT molecular complexity index is 623. The molecule has 0 aliphatic rings. The van der Waals surface area contributed by atoms with Crippen LogP contribution in [0.25, 0.3) is 0 Å². The molecule has 6 heteroatoms. The maximum atomic E-state index is 12.0. The van der Waals surface area contributed by atoms with Gasteiger partial charge in [-0.05, 0) is 30.2 Å². The number of aryl methyl sites for hydroxylation is 1. The fourth-order valence-electron chi connectivity index (χ4n) is 1.90. The molecular weight excluding hydrogens is 296 g/mol. The standard InChI is InChI=1S/C16H22N4OS/c1-4-11(2)14(17)15(21)19-12-5-7-13(8-6-12)22-16-18-9-10-20(16)3/h5-11,14H,4,17H2,1-3H3,(H,19,21). The molecule has 0 bridgehead atoms. The predicted molar refractivity (Wildman–Crippen MR) is 89.8 cm³/mol. The number of nitrogens with zero attached hydrogens (tertiary/aromatic N) is 2. The van der Waals surface area contributed by atoms with Crippen molar-refractivity contribution in [1.29, 1.82) is 0 Å². The first-order valence-corrected chi connectivity index (χ1v) is 8.14. The number of nitrogens with two attached hydrogens (primary N) is 1. The molecule has 1 aromatic heterocycles. The number of aromatic nitrogens is 2. The molecule has 118 valence electrons. The molecule has 0 spiro atoms. The SMILES string of the molecule is CCC(C)C(N)C(=O)Nc1ccc(Sc2nccn2C)cc1. The van der Waals surface area contributed by atoms with Crippen molar-refractivity contribution in [2.75, 3.05) is 5.32 Å². The first kappa shape index (κ1) is 16.6. The van der Waals surface area contributed by atoms with Crippen LogP contribution < -0.4 is 11.1 Å². The van der Waals surface area contributed by atoms with Crippen molar-refractivity contribution in [3.8, 4) is 0 Å². The summed E-state index contributed by atoms with van der Waals surface area (Å²) in [4.78, 5) is 17.4. The minimum atomic E-state index is -0.480. The monoisotopic (exact) mass is 318 g/mol. The lowest BCUT2D eigenvalue weighted by Crippen LogP contribution is -2.40. The molecule has 1 amide bonds. The molecule has 5 nitrogen and oxygen atoms in total.